The number of hydrogen-bond acceptors (Lipinski definition) is 3. The minimum Gasteiger partial charge on any atom is -0.480 e. The van der Waals surface area contributed by atoms with Gasteiger partial charge in [0.15, 0.2) is 0 Å². The Morgan fingerprint density at radius 1 is 1.42 bits per heavy atom. The molecule has 102 valence electrons. The van der Waals surface area contributed by atoms with E-state index >= 15 is 0 Å². The monoisotopic (exact) mass is 263 g/mol. The van der Waals surface area contributed by atoms with Crippen LogP contribution >= 0.6 is 0 Å². The number of carbonyl (C=O) groups is 2. The maximum absolute atomic E-state index is 12.0. The highest BCUT2D eigenvalue weighted by Gasteiger charge is 2.30. The Morgan fingerprint density at radius 2 is 2.21 bits per heavy atom. The molecular formula is C14H17NO4. The van der Waals surface area contributed by atoms with Crippen LogP contribution in [-0.2, 0) is 9.59 Å². The second kappa shape index (κ2) is 5.73. The number of aryl methyl sites for hydroxylation is 1. The fourth-order valence-corrected chi connectivity index (χ4v) is 2.24. The molecule has 2 heterocycles. The van der Waals surface area contributed by atoms with E-state index in [2.05, 4.69) is 0 Å². The minimum atomic E-state index is -0.935. The number of hydrogen-bond donors (Lipinski definition) is 1. The average molecular weight is 263 g/mol. The van der Waals surface area contributed by atoms with Gasteiger partial charge in [0.2, 0.25) is 5.91 Å². The molecule has 19 heavy (non-hydrogen) atoms. The number of rotatable bonds is 3. The van der Waals surface area contributed by atoms with Crippen LogP contribution in [0.2, 0.25) is 0 Å². The highest BCUT2D eigenvalue weighted by atomic mass is 16.4. The van der Waals surface area contributed by atoms with Crippen LogP contribution in [0.3, 0.4) is 0 Å². The van der Waals surface area contributed by atoms with Crippen LogP contribution in [0.4, 0.5) is 0 Å². The lowest BCUT2D eigenvalue weighted by Gasteiger charge is -2.32. The second-order valence-electron chi connectivity index (χ2n) is 4.66. The number of furan rings is 1. The van der Waals surface area contributed by atoms with Crippen molar-refractivity contribution in [2.24, 2.45) is 0 Å². The van der Waals surface area contributed by atoms with Crippen molar-refractivity contribution in [1.82, 2.24) is 4.90 Å². The van der Waals surface area contributed by atoms with Crippen LogP contribution in [0.15, 0.2) is 22.6 Å². The molecule has 0 aromatic carbocycles. The zero-order valence-electron chi connectivity index (χ0n) is 10.8. The summed E-state index contributed by atoms with van der Waals surface area (Å²) in [5, 5.41) is 9.11. The van der Waals surface area contributed by atoms with E-state index in [1.807, 2.05) is 13.0 Å². The summed E-state index contributed by atoms with van der Waals surface area (Å²) in [5.74, 6) is 0.152. The Kier molecular flexibility index (Phi) is 4.04. The third kappa shape index (κ3) is 3.24. The molecule has 0 saturated carbocycles. The molecule has 1 saturated heterocycles. The minimum absolute atomic E-state index is 0.277. The summed E-state index contributed by atoms with van der Waals surface area (Å²) in [5.41, 5.74) is 0. The van der Waals surface area contributed by atoms with E-state index < -0.39 is 12.0 Å². The molecule has 0 unspecified atom stereocenters. The number of nitrogens with zero attached hydrogens (tertiary/aromatic N) is 1. The second-order valence-corrected chi connectivity index (χ2v) is 4.66. The normalized spacial score (nSPS) is 19.8. The van der Waals surface area contributed by atoms with E-state index in [1.165, 1.54) is 11.0 Å². The molecule has 1 N–H and O–H groups in total. The zero-order valence-corrected chi connectivity index (χ0v) is 10.8. The highest BCUT2D eigenvalue weighted by Crippen LogP contribution is 2.18. The van der Waals surface area contributed by atoms with E-state index in [0.29, 0.717) is 18.7 Å². The van der Waals surface area contributed by atoms with Crippen LogP contribution in [0.5, 0.6) is 0 Å². The largest absolute Gasteiger partial charge is 0.480 e. The third-order valence-electron chi connectivity index (χ3n) is 3.22. The first kappa shape index (κ1) is 13.4. The lowest BCUT2D eigenvalue weighted by atomic mass is 10.0. The number of amides is 1. The van der Waals surface area contributed by atoms with Crippen molar-refractivity contribution in [1.29, 1.82) is 0 Å². The van der Waals surface area contributed by atoms with Gasteiger partial charge in [0.25, 0.3) is 0 Å². The zero-order chi connectivity index (χ0) is 13.8. The predicted octanol–water partition coefficient (Wildman–Crippen LogP) is 2.07. The predicted molar refractivity (Wildman–Crippen MR) is 69.5 cm³/mol. The van der Waals surface area contributed by atoms with Gasteiger partial charge in [-0.05, 0) is 44.4 Å². The molecule has 1 aliphatic rings. The molecule has 0 spiro atoms. The summed E-state index contributed by atoms with van der Waals surface area (Å²) >= 11 is 0. The van der Waals surface area contributed by atoms with E-state index in [4.69, 9.17) is 9.52 Å². The van der Waals surface area contributed by atoms with Crippen molar-refractivity contribution in [3.8, 4) is 0 Å². The van der Waals surface area contributed by atoms with Crippen LogP contribution in [0.1, 0.15) is 30.8 Å². The van der Waals surface area contributed by atoms with Crippen LogP contribution in [0, 0.1) is 6.92 Å². The molecule has 5 heteroatoms. The SMILES string of the molecule is Cc1ccc(/C=C/C(=O)N2CCCC[C@H]2C(=O)O)o1. The van der Waals surface area contributed by atoms with Crippen molar-refractivity contribution >= 4 is 18.0 Å². The van der Waals surface area contributed by atoms with Gasteiger partial charge >= 0.3 is 5.97 Å². The number of likely N-dealkylation sites (tertiary alicyclic amines) is 1. The topological polar surface area (TPSA) is 70.8 Å². The summed E-state index contributed by atoms with van der Waals surface area (Å²) in [6.45, 7) is 2.32. The van der Waals surface area contributed by atoms with E-state index in [9.17, 15) is 9.59 Å². The smallest absolute Gasteiger partial charge is 0.326 e. The number of aliphatic carboxylic acids is 1. The van der Waals surface area contributed by atoms with Gasteiger partial charge in [0.05, 0.1) is 0 Å². The molecule has 1 aromatic heterocycles. The summed E-state index contributed by atoms with van der Waals surface area (Å²) in [4.78, 5) is 24.6. The Labute approximate surface area is 111 Å². The maximum atomic E-state index is 12.0. The summed E-state index contributed by atoms with van der Waals surface area (Å²) < 4.78 is 5.32. The van der Waals surface area contributed by atoms with Gasteiger partial charge in [0.1, 0.15) is 17.6 Å². The van der Waals surface area contributed by atoms with E-state index in [-0.39, 0.29) is 5.91 Å². The van der Waals surface area contributed by atoms with Gasteiger partial charge in [-0.2, -0.15) is 0 Å². The lowest BCUT2D eigenvalue weighted by Crippen LogP contribution is -2.47. The lowest BCUT2D eigenvalue weighted by molar-refractivity contribution is -0.150. The van der Waals surface area contributed by atoms with E-state index in [1.54, 1.807) is 12.1 Å². The fourth-order valence-electron chi connectivity index (χ4n) is 2.24. The first-order valence-corrected chi connectivity index (χ1v) is 6.36. The highest BCUT2D eigenvalue weighted by molar-refractivity contribution is 5.94. The average Bonchev–Trinajstić information content (AvgIpc) is 2.81. The van der Waals surface area contributed by atoms with Crippen molar-refractivity contribution in [3.05, 3.63) is 29.7 Å². The molecule has 0 radical (unpaired) electrons. The first-order chi connectivity index (χ1) is 9.08. The Balaban J connectivity index is 2.05. The third-order valence-corrected chi connectivity index (χ3v) is 3.22. The van der Waals surface area contributed by atoms with Crippen molar-refractivity contribution in [2.45, 2.75) is 32.2 Å². The van der Waals surface area contributed by atoms with Crippen LogP contribution < -0.4 is 0 Å². The summed E-state index contributed by atoms with van der Waals surface area (Å²) in [6, 6.07) is 2.87. The van der Waals surface area contributed by atoms with Gasteiger partial charge in [-0.15, -0.1) is 0 Å². The van der Waals surface area contributed by atoms with Crippen molar-refractivity contribution < 1.29 is 19.1 Å². The van der Waals surface area contributed by atoms with Crippen LogP contribution in [-0.4, -0.2) is 34.5 Å². The molecule has 5 nitrogen and oxygen atoms in total. The van der Waals surface area contributed by atoms with Crippen molar-refractivity contribution in [2.75, 3.05) is 6.54 Å². The molecule has 0 aliphatic carbocycles. The Bertz CT molecular complexity index is 503. The van der Waals surface area contributed by atoms with E-state index in [0.717, 1.165) is 18.6 Å². The molecule has 1 aliphatic heterocycles. The molecule has 0 bridgehead atoms. The molecule has 2 rings (SSSR count). The number of piperidine rings is 1. The quantitative estimate of drug-likeness (QED) is 0.847. The van der Waals surface area contributed by atoms with Crippen LogP contribution in [0.25, 0.3) is 6.08 Å². The summed E-state index contributed by atoms with van der Waals surface area (Å²) in [6.07, 6.45) is 5.17. The standard InChI is InChI=1S/C14H17NO4/c1-10-5-6-11(19-10)7-8-13(16)15-9-3-2-4-12(15)14(17)18/h5-8,12H,2-4,9H2,1H3,(H,17,18)/b8-7+/t12-/m0/s1. The van der Waals surface area contributed by atoms with Gasteiger partial charge in [-0.25, -0.2) is 4.79 Å². The maximum Gasteiger partial charge on any atom is 0.326 e. The molecule has 1 aromatic rings. The first-order valence-electron chi connectivity index (χ1n) is 6.36. The summed E-state index contributed by atoms with van der Waals surface area (Å²) in [7, 11) is 0. The molecule has 1 amide bonds. The van der Waals surface area contributed by atoms with Gasteiger partial charge in [-0.1, -0.05) is 0 Å². The Morgan fingerprint density at radius 3 is 2.84 bits per heavy atom. The van der Waals surface area contributed by atoms with Gasteiger partial charge in [-0.3, -0.25) is 4.79 Å². The number of carbonyl (C=O) groups excluding carboxylic acids is 1. The number of carboxylic acids is 1. The van der Waals surface area contributed by atoms with Crippen molar-refractivity contribution in [3.63, 3.8) is 0 Å². The Hall–Kier alpha value is -2.04. The molecule has 1 fully saturated rings. The molecule has 1 atom stereocenters. The number of carboxylic acid groups (broad SMARTS) is 1. The fraction of sp³-hybridized carbons (Fsp3) is 0.429. The molecular weight excluding hydrogens is 246 g/mol. The van der Waals surface area contributed by atoms with Gasteiger partial charge in [0, 0.05) is 12.6 Å². The van der Waals surface area contributed by atoms with Gasteiger partial charge < -0.3 is 14.4 Å².